The largest absolute Gasteiger partial charge is 0.383 e. The fourth-order valence-corrected chi connectivity index (χ4v) is 2.55. The molecule has 0 atom stereocenters. The van der Waals surface area contributed by atoms with E-state index in [1.807, 2.05) is 67.6 Å². The van der Waals surface area contributed by atoms with Crippen LogP contribution in [0.3, 0.4) is 0 Å². The molecule has 0 aliphatic carbocycles. The van der Waals surface area contributed by atoms with Gasteiger partial charge in [-0.05, 0) is 24.6 Å². The van der Waals surface area contributed by atoms with Crippen molar-refractivity contribution in [3.63, 3.8) is 0 Å². The summed E-state index contributed by atoms with van der Waals surface area (Å²) in [5, 5.41) is 9.38. The number of hydrogen-bond donors (Lipinski definition) is 2. The molecule has 0 aliphatic rings. The minimum absolute atomic E-state index is 0.419. The number of aromatic nitrogens is 1. The Bertz CT molecular complexity index is 827. The van der Waals surface area contributed by atoms with Gasteiger partial charge in [-0.2, -0.15) is 5.26 Å². The van der Waals surface area contributed by atoms with Crippen LogP contribution in [-0.2, 0) is 0 Å². The summed E-state index contributed by atoms with van der Waals surface area (Å²) < 4.78 is 1.78. The molecule has 3 aromatic rings. The number of nitrogen functional groups attached to an aromatic ring is 1. The molecule has 0 aliphatic heterocycles. The number of nitriles is 1. The first-order valence-electron chi connectivity index (χ1n) is 7.00. The van der Waals surface area contributed by atoms with Gasteiger partial charge in [-0.1, -0.05) is 48.5 Å². The second-order valence-corrected chi connectivity index (χ2v) is 5.02. The molecule has 3 rings (SSSR count). The van der Waals surface area contributed by atoms with E-state index in [-0.39, 0.29) is 0 Å². The van der Waals surface area contributed by atoms with Crippen molar-refractivity contribution in [1.82, 2.24) is 4.68 Å². The van der Waals surface area contributed by atoms with E-state index in [2.05, 4.69) is 11.5 Å². The summed E-state index contributed by atoms with van der Waals surface area (Å²) in [6.45, 7) is 1.92. The predicted molar refractivity (Wildman–Crippen MR) is 89.2 cm³/mol. The molecule has 0 radical (unpaired) electrons. The smallest absolute Gasteiger partial charge is 0.141 e. The lowest BCUT2D eigenvalue weighted by molar-refractivity contribution is 0.988. The zero-order chi connectivity index (χ0) is 15.5. The van der Waals surface area contributed by atoms with Crippen LogP contribution in [0.4, 0.5) is 11.5 Å². The van der Waals surface area contributed by atoms with E-state index in [9.17, 15) is 5.26 Å². The fourth-order valence-electron chi connectivity index (χ4n) is 2.55. The molecule has 0 bridgehead atoms. The van der Waals surface area contributed by atoms with Gasteiger partial charge in [-0.15, -0.1) is 0 Å². The lowest BCUT2D eigenvalue weighted by Crippen LogP contribution is -2.13. The van der Waals surface area contributed by atoms with Crippen molar-refractivity contribution in [2.24, 2.45) is 0 Å². The van der Waals surface area contributed by atoms with E-state index < -0.39 is 0 Å². The average Bonchev–Trinajstić information content (AvgIpc) is 2.79. The molecule has 0 fully saturated rings. The molecule has 1 aromatic heterocycles. The summed E-state index contributed by atoms with van der Waals surface area (Å²) in [5.74, 6) is 0.419. The third-order valence-electron chi connectivity index (χ3n) is 3.62. The zero-order valence-corrected chi connectivity index (χ0v) is 12.2. The van der Waals surface area contributed by atoms with E-state index in [0.717, 1.165) is 22.5 Å². The second kappa shape index (κ2) is 5.66. The monoisotopic (exact) mass is 288 g/mol. The lowest BCUT2D eigenvalue weighted by Gasteiger charge is -2.14. The number of nitrogens with one attached hydrogen (secondary N) is 1. The minimum Gasteiger partial charge on any atom is -0.383 e. The Morgan fingerprint density at radius 3 is 2.18 bits per heavy atom. The summed E-state index contributed by atoms with van der Waals surface area (Å²) in [6, 6.07) is 21.9. The van der Waals surface area contributed by atoms with Crippen LogP contribution in [0, 0.1) is 18.3 Å². The second-order valence-electron chi connectivity index (χ2n) is 5.02. The molecular weight excluding hydrogens is 272 g/mol. The van der Waals surface area contributed by atoms with Gasteiger partial charge >= 0.3 is 0 Å². The van der Waals surface area contributed by atoms with Crippen molar-refractivity contribution in [2.75, 3.05) is 11.2 Å². The van der Waals surface area contributed by atoms with Crippen molar-refractivity contribution < 1.29 is 0 Å². The molecule has 0 saturated heterocycles. The number of nitrogens with two attached hydrogens (primary N) is 1. The number of benzene rings is 2. The maximum atomic E-state index is 9.38. The highest BCUT2D eigenvalue weighted by molar-refractivity contribution is 5.75. The standard InChI is InChI=1S/C18H16N4/c1-13-16(12-19)18(20)22(21-15-10-6-3-7-11-15)17(13)14-8-4-2-5-9-14/h2-11,21H,20H2,1H3. The molecule has 0 amide bonds. The highest BCUT2D eigenvalue weighted by Gasteiger charge is 2.19. The highest BCUT2D eigenvalue weighted by Crippen LogP contribution is 2.32. The van der Waals surface area contributed by atoms with Crippen LogP contribution in [-0.4, -0.2) is 4.68 Å². The maximum absolute atomic E-state index is 9.38. The average molecular weight is 288 g/mol. The zero-order valence-electron chi connectivity index (χ0n) is 12.2. The quantitative estimate of drug-likeness (QED) is 0.770. The van der Waals surface area contributed by atoms with Crippen molar-refractivity contribution in [1.29, 1.82) is 5.26 Å². The molecule has 22 heavy (non-hydrogen) atoms. The van der Waals surface area contributed by atoms with Gasteiger partial charge in [0.1, 0.15) is 11.9 Å². The first-order valence-corrected chi connectivity index (χ1v) is 7.00. The fraction of sp³-hybridized carbons (Fsp3) is 0.0556. The SMILES string of the molecule is Cc1c(C#N)c(N)n(Nc2ccccc2)c1-c1ccccc1. The normalized spacial score (nSPS) is 10.2. The van der Waals surface area contributed by atoms with Gasteiger partial charge in [0.15, 0.2) is 0 Å². The first-order chi connectivity index (χ1) is 10.7. The van der Waals surface area contributed by atoms with Gasteiger partial charge in [-0.3, -0.25) is 5.43 Å². The van der Waals surface area contributed by atoms with Gasteiger partial charge in [0.2, 0.25) is 0 Å². The Balaban J connectivity index is 2.18. The topological polar surface area (TPSA) is 66.8 Å². The summed E-state index contributed by atoms with van der Waals surface area (Å²) in [5.41, 5.74) is 13.6. The van der Waals surface area contributed by atoms with Crippen LogP contribution >= 0.6 is 0 Å². The summed E-state index contributed by atoms with van der Waals surface area (Å²) in [6.07, 6.45) is 0. The molecule has 108 valence electrons. The number of rotatable bonds is 3. The maximum Gasteiger partial charge on any atom is 0.141 e. The van der Waals surface area contributed by atoms with E-state index in [1.54, 1.807) is 4.68 Å². The molecule has 2 aromatic carbocycles. The van der Waals surface area contributed by atoms with Crippen LogP contribution in [0.25, 0.3) is 11.3 Å². The van der Waals surface area contributed by atoms with Crippen molar-refractivity contribution in [3.05, 3.63) is 71.8 Å². The summed E-state index contributed by atoms with van der Waals surface area (Å²) >= 11 is 0. The van der Waals surface area contributed by atoms with Crippen LogP contribution in [0.15, 0.2) is 60.7 Å². The Morgan fingerprint density at radius 2 is 1.59 bits per heavy atom. The van der Waals surface area contributed by atoms with Crippen LogP contribution in [0.5, 0.6) is 0 Å². The van der Waals surface area contributed by atoms with E-state index in [1.165, 1.54) is 0 Å². The van der Waals surface area contributed by atoms with Crippen molar-refractivity contribution in [3.8, 4) is 17.3 Å². The third-order valence-corrected chi connectivity index (χ3v) is 3.62. The lowest BCUT2D eigenvalue weighted by atomic mass is 10.1. The molecule has 1 heterocycles. The number of anilines is 2. The highest BCUT2D eigenvalue weighted by atomic mass is 15.4. The predicted octanol–water partition coefficient (Wildman–Crippen LogP) is 3.79. The van der Waals surface area contributed by atoms with Gasteiger partial charge in [-0.25, -0.2) is 4.68 Å². The van der Waals surface area contributed by atoms with Gasteiger partial charge in [0.05, 0.1) is 16.9 Å². The van der Waals surface area contributed by atoms with Crippen molar-refractivity contribution in [2.45, 2.75) is 6.92 Å². The van der Waals surface area contributed by atoms with E-state index >= 15 is 0 Å². The molecule has 0 unspecified atom stereocenters. The third kappa shape index (κ3) is 2.29. The van der Waals surface area contributed by atoms with Gasteiger partial charge in [0.25, 0.3) is 0 Å². The van der Waals surface area contributed by atoms with Crippen LogP contribution in [0.1, 0.15) is 11.1 Å². The molecule has 0 saturated carbocycles. The molecule has 4 heteroatoms. The number of hydrogen-bond acceptors (Lipinski definition) is 3. The summed E-state index contributed by atoms with van der Waals surface area (Å²) in [7, 11) is 0. The Labute approximate surface area is 129 Å². The van der Waals surface area contributed by atoms with Gasteiger partial charge in [0, 0.05) is 5.56 Å². The number of para-hydroxylation sites is 1. The van der Waals surface area contributed by atoms with Crippen LogP contribution < -0.4 is 11.2 Å². The molecule has 4 nitrogen and oxygen atoms in total. The summed E-state index contributed by atoms with van der Waals surface area (Å²) in [4.78, 5) is 0. The Kier molecular flexibility index (Phi) is 3.55. The van der Waals surface area contributed by atoms with E-state index in [0.29, 0.717) is 11.4 Å². The van der Waals surface area contributed by atoms with Crippen molar-refractivity contribution >= 4 is 11.5 Å². The van der Waals surface area contributed by atoms with Gasteiger partial charge < -0.3 is 5.73 Å². The minimum atomic E-state index is 0.419. The Hall–Kier alpha value is -3.19. The molecule has 3 N–H and O–H groups in total. The van der Waals surface area contributed by atoms with E-state index in [4.69, 9.17) is 5.73 Å². The molecule has 0 spiro atoms. The number of nitrogens with zero attached hydrogens (tertiary/aromatic N) is 2. The van der Waals surface area contributed by atoms with Crippen LogP contribution in [0.2, 0.25) is 0 Å². The molecular formula is C18H16N4. The Morgan fingerprint density at radius 1 is 1.00 bits per heavy atom. The first kappa shape index (κ1) is 13.8.